The molecule has 7 rings (SSSR count). The maximum absolute atomic E-state index is 3.93. The van der Waals surface area contributed by atoms with Crippen molar-refractivity contribution in [2.75, 3.05) is 0 Å². The summed E-state index contributed by atoms with van der Waals surface area (Å²) in [7, 11) is 0. The summed E-state index contributed by atoms with van der Waals surface area (Å²) in [5, 5.41) is 0. The maximum Gasteiger partial charge on any atom is 0.0714 e. The van der Waals surface area contributed by atoms with Crippen molar-refractivity contribution in [2.45, 2.75) is 11.8 Å². The Kier molecular flexibility index (Phi) is 6.02. The van der Waals surface area contributed by atoms with Gasteiger partial charge in [-0.15, -0.1) is 0 Å². The van der Waals surface area contributed by atoms with Crippen LogP contribution in [0.15, 0.2) is 156 Å². The zero-order valence-corrected chi connectivity index (χ0v) is 23.1. The Labute approximate surface area is 238 Å². The molecule has 0 aliphatic heterocycles. The lowest BCUT2D eigenvalue weighted by atomic mass is 9.67. The maximum atomic E-state index is 3.93. The van der Waals surface area contributed by atoms with Crippen molar-refractivity contribution in [1.29, 1.82) is 0 Å². The number of benzene rings is 5. The van der Waals surface area contributed by atoms with E-state index in [9.17, 15) is 0 Å². The summed E-state index contributed by atoms with van der Waals surface area (Å²) < 4.78 is 1.13. The third-order valence-corrected chi connectivity index (χ3v) is 8.71. The van der Waals surface area contributed by atoms with E-state index >= 15 is 0 Å². The number of halogens is 1. The standard InChI is InChI=1S/C38H27Br/c39-36-24-12-23-35-37(36)33-21-8-9-22-34(33)38(35,32-20-11-18-30(26-32)28-15-6-3-7-16-28)31-19-10-17-29(25-31)27-13-4-1-2-5-14-27/h1-4,6-26H,5H2. The Bertz CT molecular complexity index is 1790. The zero-order valence-electron chi connectivity index (χ0n) is 21.5. The Balaban J connectivity index is 1.55. The minimum absolute atomic E-state index is 0.455. The normalized spacial score (nSPS) is 17.3. The molecule has 39 heavy (non-hydrogen) atoms. The van der Waals surface area contributed by atoms with Crippen molar-refractivity contribution in [3.8, 4) is 22.3 Å². The molecule has 186 valence electrons. The highest BCUT2D eigenvalue weighted by molar-refractivity contribution is 9.10. The molecule has 5 aromatic carbocycles. The molecule has 5 aromatic rings. The highest BCUT2D eigenvalue weighted by atomic mass is 79.9. The fraction of sp³-hybridized carbons (Fsp3) is 0.0526. The second kappa shape index (κ2) is 9.84. The molecule has 1 unspecified atom stereocenters. The highest BCUT2D eigenvalue weighted by Crippen LogP contribution is 2.58. The zero-order chi connectivity index (χ0) is 26.2. The average Bonchev–Trinajstić information content (AvgIpc) is 3.11. The first-order valence-corrected chi connectivity index (χ1v) is 14.3. The molecule has 0 saturated carbocycles. The van der Waals surface area contributed by atoms with Gasteiger partial charge in [0.05, 0.1) is 5.41 Å². The lowest BCUT2D eigenvalue weighted by Crippen LogP contribution is -2.28. The third-order valence-electron chi connectivity index (χ3n) is 8.05. The number of allylic oxidation sites excluding steroid dienone is 6. The topological polar surface area (TPSA) is 0 Å². The fourth-order valence-corrected chi connectivity index (χ4v) is 6.94. The van der Waals surface area contributed by atoms with Crippen LogP contribution in [0.5, 0.6) is 0 Å². The molecule has 0 spiro atoms. The number of fused-ring (bicyclic) bond motifs is 3. The van der Waals surface area contributed by atoms with Crippen molar-refractivity contribution >= 4 is 21.5 Å². The van der Waals surface area contributed by atoms with Crippen molar-refractivity contribution in [1.82, 2.24) is 0 Å². The minimum Gasteiger partial charge on any atom is -0.0807 e. The number of hydrogen-bond donors (Lipinski definition) is 0. The van der Waals surface area contributed by atoms with Crippen molar-refractivity contribution in [3.05, 3.63) is 184 Å². The van der Waals surface area contributed by atoms with Gasteiger partial charge in [0, 0.05) is 10.0 Å². The first kappa shape index (κ1) is 23.9. The first-order valence-electron chi connectivity index (χ1n) is 13.5. The van der Waals surface area contributed by atoms with E-state index in [1.54, 1.807) is 0 Å². The quantitative estimate of drug-likeness (QED) is 0.200. The van der Waals surface area contributed by atoms with Gasteiger partial charge in [-0.1, -0.05) is 149 Å². The minimum atomic E-state index is -0.455. The molecule has 0 amide bonds. The summed E-state index contributed by atoms with van der Waals surface area (Å²) in [5.41, 5.74) is 12.3. The second-order valence-electron chi connectivity index (χ2n) is 10.2. The molecule has 0 N–H and O–H groups in total. The molecule has 0 nitrogen and oxygen atoms in total. The Morgan fingerprint density at radius 2 is 1.23 bits per heavy atom. The molecule has 0 saturated heterocycles. The van der Waals surface area contributed by atoms with Gasteiger partial charge in [0.25, 0.3) is 0 Å². The largest absolute Gasteiger partial charge is 0.0807 e. The van der Waals surface area contributed by atoms with Gasteiger partial charge < -0.3 is 0 Å². The van der Waals surface area contributed by atoms with Crippen LogP contribution in [-0.2, 0) is 5.41 Å². The highest BCUT2D eigenvalue weighted by Gasteiger charge is 2.46. The molecule has 1 heteroatoms. The van der Waals surface area contributed by atoms with Crippen LogP contribution in [-0.4, -0.2) is 0 Å². The lowest BCUT2D eigenvalue weighted by Gasteiger charge is -2.34. The summed E-state index contributed by atoms with van der Waals surface area (Å²) in [4.78, 5) is 0. The first-order chi connectivity index (χ1) is 19.3. The summed E-state index contributed by atoms with van der Waals surface area (Å²) >= 11 is 3.93. The van der Waals surface area contributed by atoms with E-state index in [1.165, 1.54) is 55.6 Å². The second-order valence-corrected chi connectivity index (χ2v) is 11.0. The molecule has 0 radical (unpaired) electrons. The van der Waals surface area contributed by atoms with Crippen molar-refractivity contribution in [3.63, 3.8) is 0 Å². The van der Waals surface area contributed by atoms with Crippen LogP contribution in [0.3, 0.4) is 0 Å². The Hall–Kier alpha value is -4.20. The summed E-state index contributed by atoms with van der Waals surface area (Å²) in [6, 6.07) is 44.6. The predicted octanol–water partition coefficient (Wildman–Crippen LogP) is 10.4. The number of rotatable bonds is 4. The van der Waals surface area contributed by atoms with E-state index in [-0.39, 0.29) is 0 Å². The van der Waals surface area contributed by atoms with Crippen LogP contribution in [0.4, 0.5) is 0 Å². The smallest absolute Gasteiger partial charge is 0.0714 e. The monoisotopic (exact) mass is 562 g/mol. The molecule has 2 aliphatic carbocycles. The molecule has 0 fully saturated rings. The molecular formula is C38H27Br. The van der Waals surface area contributed by atoms with Gasteiger partial charge in [0.15, 0.2) is 0 Å². The van der Waals surface area contributed by atoms with E-state index in [1.807, 2.05) is 0 Å². The lowest BCUT2D eigenvalue weighted by molar-refractivity contribution is 0.768. The Morgan fingerprint density at radius 1 is 0.564 bits per heavy atom. The molecule has 0 bridgehead atoms. The summed E-state index contributed by atoms with van der Waals surface area (Å²) in [5.74, 6) is 0. The van der Waals surface area contributed by atoms with Crippen LogP contribution in [0.1, 0.15) is 34.2 Å². The summed E-state index contributed by atoms with van der Waals surface area (Å²) in [6.07, 6.45) is 11.9. The molecule has 0 heterocycles. The molecule has 1 atom stereocenters. The van der Waals surface area contributed by atoms with Gasteiger partial charge >= 0.3 is 0 Å². The average molecular weight is 564 g/mol. The van der Waals surface area contributed by atoms with Crippen LogP contribution in [0.25, 0.3) is 27.8 Å². The van der Waals surface area contributed by atoms with Crippen LogP contribution in [0, 0.1) is 0 Å². The fourth-order valence-electron chi connectivity index (χ4n) is 6.36. The van der Waals surface area contributed by atoms with Gasteiger partial charge in [0.2, 0.25) is 0 Å². The number of hydrogen-bond acceptors (Lipinski definition) is 0. The van der Waals surface area contributed by atoms with E-state index in [0.29, 0.717) is 0 Å². The van der Waals surface area contributed by atoms with Crippen LogP contribution >= 0.6 is 15.9 Å². The molecule has 2 aliphatic rings. The van der Waals surface area contributed by atoms with Crippen molar-refractivity contribution < 1.29 is 0 Å². The van der Waals surface area contributed by atoms with E-state index in [2.05, 4.69) is 168 Å². The van der Waals surface area contributed by atoms with Crippen LogP contribution in [0.2, 0.25) is 0 Å². The predicted molar refractivity (Wildman–Crippen MR) is 168 cm³/mol. The Morgan fingerprint density at radius 3 is 2.08 bits per heavy atom. The van der Waals surface area contributed by atoms with E-state index in [0.717, 1.165) is 10.9 Å². The van der Waals surface area contributed by atoms with Gasteiger partial charge in [-0.3, -0.25) is 0 Å². The molecule has 0 aromatic heterocycles. The third kappa shape index (κ3) is 3.88. The van der Waals surface area contributed by atoms with Crippen molar-refractivity contribution in [2.24, 2.45) is 0 Å². The van der Waals surface area contributed by atoms with Gasteiger partial charge in [-0.2, -0.15) is 0 Å². The summed E-state index contributed by atoms with van der Waals surface area (Å²) in [6.45, 7) is 0. The molecular weight excluding hydrogens is 536 g/mol. The van der Waals surface area contributed by atoms with Gasteiger partial charge in [0.1, 0.15) is 0 Å². The van der Waals surface area contributed by atoms with Crippen LogP contribution < -0.4 is 0 Å². The van der Waals surface area contributed by atoms with Gasteiger partial charge in [-0.25, -0.2) is 0 Å². The SMILES string of the molecule is Brc1cccc2c1-c1ccccc1C2(c1cccc(C2=CCC=CC=C2)c1)c1cccc(-c2ccccc2)c1. The van der Waals surface area contributed by atoms with Gasteiger partial charge in [-0.05, 0) is 74.7 Å². The van der Waals surface area contributed by atoms with E-state index in [4.69, 9.17) is 0 Å². The van der Waals surface area contributed by atoms with E-state index < -0.39 is 5.41 Å².